The summed E-state index contributed by atoms with van der Waals surface area (Å²) >= 11 is 0. The van der Waals surface area contributed by atoms with E-state index in [1.165, 1.54) is 45.3 Å². The normalized spacial score (nSPS) is 14.6. The van der Waals surface area contributed by atoms with E-state index in [9.17, 15) is 14.4 Å². The number of hydrogen-bond donors (Lipinski definition) is 5. The van der Waals surface area contributed by atoms with Crippen molar-refractivity contribution >= 4 is 45.3 Å². The lowest BCUT2D eigenvalue weighted by atomic mass is 9.98. The SMILES string of the molecule is CC(C)(C)OC(=O)N[C@@H](Cc1cccc2ccccc12)C(=O)NCc1ccc2c(N)nccc2c1.CC(C)NC(CCCCN1CCCCC1)C(N)=O. The fourth-order valence-corrected chi connectivity index (χ4v) is 6.60. The van der Waals surface area contributed by atoms with Crippen LogP contribution in [0.3, 0.4) is 0 Å². The van der Waals surface area contributed by atoms with Crippen molar-refractivity contribution in [2.24, 2.45) is 5.73 Å². The van der Waals surface area contributed by atoms with E-state index in [4.69, 9.17) is 16.2 Å². The molecule has 1 aliphatic rings. The monoisotopic (exact) mass is 725 g/mol. The number of alkyl carbamates (subject to hydrolysis) is 1. The Kier molecular flexibility index (Phi) is 15.4. The van der Waals surface area contributed by atoms with Crippen molar-refractivity contribution in [2.75, 3.05) is 25.4 Å². The summed E-state index contributed by atoms with van der Waals surface area (Å²) in [5.41, 5.74) is 12.5. The predicted molar refractivity (Wildman–Crippen MR) is 214 cm³/mol. The van der Waals surface area contributed by atoms with Crippen molar-refractivity contribution in [1.29, 1.82) is 0 Å². The number of unbranched alkanes of at least 4 members (excludes halogenated alkanes) is 1. The van der Waals surface area contributed by atoms with Crippen LogP contribution in [-0.4, -0.2) is 71.2 Å². The van der Waals surface area contributed by atoms with Crippen molar-refractivity contribution in [1.82, 2.24) is 25.8 Å². The molecular weight excluding hydrogens is 667 g/mol. The zero-order valence-corrected chi connectivity index (χ0v) is 32.1. The largest absolute Gasteiger partial charge is 0.444 e. The van der Waals surface area contributed by atoms with Gasteiger partial charge in [-0.2, -0.15) is 0 Å². The van der Waals surface area contributed by atoms with Crippen LogP contribution in [0.1, 0.15) is 84.3 Å². The number of fused-ring (bicyclic) bond motifs is 2. The molecular formula is C42H59N7O4. The van der Waals surface area contributed by atoms with Gasteiger partial charge in [0.25, 0.3) is 0 Å². The minimum absolute atomic E-state index is 0.161. The molecule has 1 saturated heterocycles. The van der Waals surface area contributed by atoms with Crippen LogP contribution in [0.2, 0.25) is 0 Å². The number of rotatable bonds is 14. The number of carbonyl (C=O) groups is 3. The van der Waals surface area contributed by atoms with Crippen molar-refractivity contribution in [3.8, 4) is 0 Å². The van der Waals surface area contributed by atoms with Gasteiger partial charge in [0.15, 0.2) is 0 Å². The number of benzene rings is 3. The topological polar surface area (TPSA) is 165 Å². The van der Waals surface area contributed by atoms with Crippen LogP contribution in [0.25, 0.3) is 21.5 Å². The minimum atomic E-state index is -0.809. The predicted octanol–water partition coefficient (Wildman–Crippen LogP) is 6.22. The maximum atomic E-state index is 13.3. The van der Waals surface area contributed by atoms with Crippen LogP contribution in [-0.2, 0) is 27.3 Å². The molecule has 0 bridgehead atoms. The number of aromatic nitrogens is 1. The van der Waals surface area contributed by atoms with Gasteiger partial charge in [0.1, 0.15) is 17.5 Å². The van der Waals surface area contributed by atoms with E-state index in [0.717, 1.165) is 45.5 Å². The van der Waals surface area contributed by atoms with Crippen LogP contribution in [0, 0.1) is 0 Å². The number of ether oxygens (including phenoxy) is 1. The van der Waals surface area contributed by atoms with E-state index < -0.39 is 17.7 Å². The first-order valence-corrected chi connectivity index (χ1v) is 18.9. The molecule has 1 unspecified atom stereocenters. The number of pyridine rings is 1. The lowest BCUT2D eigenvalue weighted by Gasteiger charge is -2.26. The Balaban J connectivity index is 0.000000294. The van der Waals surface area contributed by atoms with Gasteiger partial charge in [-0.3, -0.25) is 9.59 Å². The number of hydrogen-bond acceptors (Lipinski definition) is 8. The number of anilines is 1. The van der Waals surface area contributed by atoms with Crippen molar-refractivity contribution < 1.29 is 19.1 Å². The van der Waals surface area contributed by atoms with Gasteiger partial charge in [-0.1, -0.05) is 81.3 Å². The lowest BCUT2D eigenvalue weighted by Crippen LogP contribution is -2.49. The summed E-state index contributed by atoms with van der Waals surface area (Å²) in [7, 11) is 0. The molecule has 1 aromatic heterocycles. The Hall–Kier alpha value is -4.74. The lowest BCUT2D eigenvalue weighted by molar-refractivity contribution is -0.123. The maximum Gasteiger partial charge on any atom is 0.408 e. The highest BCUT2D eigenvalue weighted by Gasteiger charge is 2.25. The second-order valence-electron chi connectivity index (χ2n) is 15.2. The number of likely N-dealkylation sites (tertiary alicyclic amines) is 1. The molecule has 1 aliphatic heterocycles. The Bertz CT molecular complexity index is 1790. The zero-order valence-electron chi connectivity index (χ0n) is 32.1. The molecule has 3 aromatic carbocycles. The van der Waals surface area contributed by atoms with Gasteiger partial charge in [0, 0.05) is 30.6 Å². The van der Waals surface area contributed by atoms with Gasteiger partial charge in [-0.15, -0.1) is 0 Å². The molecule has 0 aliphatic carbocycles. The number of nitrogens with two attached hydrogens (primary N) is 2. The summed E-state index contributed by atoms with van der Waals surface area (Å²) in [6.45, 7) is 13.4. The molecule has 0 radical (unpaired) electrons. The first-order chi connectivity index (χ1) is 25.3. The fraction of sp³-hybridized carbons (Fsp3) is 0.476. The van der Waals surface area contributed by atoms with Crippen molar-refractivity contribution in [2.45, 2.75) is 110 Å². The average Bonchev–Trinajstić information content (AvgIpc) is 3.11. The molecule has 2 atom stereocenters. The highest BCUT2D eigenvalue weighted by molar-refractivity contribution is 5.92. The third kappa shape index (κ3) is 13.6. The van der Waals surface area contributed by atoms with Crippen molar-refractivity contribution in [3.05, 3.63) is 84.1 Å². The average molecular weight is 726 g/mol. The summed E-state index contributed by atoms with van der Waals surface area (Å²) in [5.74, 6) is -0.0467. The smallest absolute Gasteiger partial charge is 0.408 e. The van der Waals surface area contributed by atoms with Crippen LogP contribution >= 0.6 is 0 Å². The van der Waals surface area contributed by atoms with Gasteiger partial charge in [-0.25, -0.2) is 9.78 Å². The Labute approximate surface area is 314 Å². The summed E-state index contributed by atoms with van der Waals surface area (Å²) < 4.78 is 5.42. The van der Waals surface area contributed by atoms with Gasteiger partial charge >= 0.3 is 6.09 Å². The molecule has 1 fully saturated rings. The highest BCUT2D eigenvalue weighted by Crippen LogP contribution is 2.22. The van der Waals surface area contributed by atoms with Crippen LogP contribution < -0.4 is 27.4 Å². The fourth-order valence-electron chi connectivity index (χ4n) is 6.60. The van der Waals surface area contributed by atoms with Gasteiger partial charge in [0.05, 0.1) is 6.04 Å². The molecule has 286 valence electrons. The number of carbonyl (C=O) groups excluding carboxylic acids is 3. The van der Waals surface area contributed by atoms with Crippen LogP contribution in [0.4, 0.5) is 10.6 Å². The van der Waals surface area contributed by atoms with Crippen LogP contribution in [0.15, 0.2) is 72.9 Å². The van der Waals surface area contributed by atoms with E-state index >= 15 is 0 Å². The summed E-state index contributed by atoms with van der Waals surface area (Å²) in [4.78, 5) is 43.7. The molecule has 7 N–H and O–H groups in total. The maximum absolute atomic E-state index is 13.3. The molecule has 2 heterocycles. The van der Waals surface area contributed by atoms with E-state index in [-0.39, 0.29) is 17.9 Å². The van der Waals surface area contributed by atoms with Gasteiger partial charge < -0.3 is 37.1 Å². The molecule has 0 saturated carbocycles. The minimum Gasteiger partial charge on any atom is -0.444 e. The van der Waals surface area contributed by atoms with E-state index in [1.807, 2.05) is 80.6 Å². The summed E-state index contributed by atoms with van der Waals surface area (Å²) in [6, 6.07) is 20.9. The number of nitrogens with zero attached hydrogens (tertiary/aromatic N) is 2. The second kappa shape index (κ2) is 19.9. The van der Waals surface area contributed by atoms with E-state index in [2.05, 4.69) is 25.8 Å². The first-order valence-electron chi connectivity index (χ1n) is 18.9. The number of amides is 3. The molecule has 0 spiro atoms. The third-order valence-electron chi connectivity index (χ3n) is 9.18. The van der Waals surface area contributed by atoms with E-state index in [1.54, 1.807) is 27.0 Å². The molecule has 11 nitrogen and oxygen atoms in total. The van der Waals surface area contributed by atoms with Crippen LogP contribution in [0.5, 0.6) is 0 Å². The Morgan fingerprint density at radius 1 is 0.887 bits per heavy atom. The molecule has 11 heteroatoms. The zero-order chi connectivity index (χ0) is 38.4. The molecule has 5 rings (SSSR count). The van der Waals surface area contributed by atoms with Gasteiger partial charge in [-0.05, 0) is 106 Å². The molecule has 53 heavy (non-hydrogen) atoms. The summed E-state index contributed by atoms with van der Waals surface area (Å²) in [5, 5.41) is 12.9. The number of nitrogen functional groups attached to an aromatic ring is 1. The third-order valence-corrected chi connectivity index (χ3v) is 9.18. The second-order valence-corrected chi connectivity index (χ2v) is 15.2. The molecule has 4 aromatic rings. The first kappa shape index (κ1) is 41.0. The van der Waals surface area contributed by atoms with Crippen molar-refractivity contribution in [3.63, 3.8) is 0 Å². The highest BCUT2D eigenvalue weighted by atomic mass is 16.6. The quantitative estimate of drug-likeness (QED) is 0.0957. The van der Waals surface area contributed by atoms with E-state index in [0.29, 0.717) is 24.8 Å². The molecule has 3 amide bonds. The Morgan fingerprint density at radius 2 is 1.62 bits per heavy atom. The number of nitrogens with one attached hydrogen (secondary N) is 3. The number of piperidine rings is 1. The number of primary amides is 1. The summed E-state index contributed by atoms with van der Waals surface area (Å²) in [6.07, 6.45) is 8.54. The van der Waals surface area contributed by atoms with Gasteiger partial charge in [0.2, 0.25) is 11.8 Å². The Morgan fingerprint density at radius 3 is 2.34 bits per heavy atom. The standard InChI is InChI=1S/C28H30N4O3.C14H29N3O/c1-28(2,3)35-27(34)32-24(16-20-9-6-8-19-7-4-5-10-22(19)20)26(33)31-17-18-11-12-23-21(15-18)13-14-30-25(23)29;1-12(2)16-13(14(15)18)8-4-7-11-17-9-5-3-6-10-17/h4-15,24H,16-17H2,1-3H3,(H2,29,30)(H,31,33)(H,32,34);12-13,16H,3-11H2,1-2H3,(H2,15,18)/t24-;/m0./s1.